The molecule has 2 rings (SSSR count). The Balaban J connectivity index is 1.99. The largest absolute Gasteiger partial charge is 0.490 e. The SMILES string of the molecule is CCN1CCOC(COc2ccc(F)cc2C#CCCl)C1. The van der Waals surface area contributed by atoms with Gasteiger partial charge in [-0.3, -0.25) is 4.90 Å². The molecule has 1 aliphatic rings. The Morgan fingerprint density at radius 1 is 1.52 bits per heavy atom. The van der Waals surface area contributed by atoms with E-state index < -0.39 is 0 Å². The maximum absolute atomic E-state index is 13.3. The first-order chi connectivity index (χ1) is 10.2. The number of morpholine rings is 1. The summed E-state index contributed by atoms with van der Waals surface area (Å²) in [7, 11) is 0. The lowest BCUT2D eigenvalue weighted by Crippen LogP contribution is -2.44. The van der Waals surface area contributed by atoms with Gasteiger partial charge in [-0.1, -0.05) is 18.8 Å². The molecule has 1 unspecified atom stereocenters. The van der Waals surface area contributed by atoms with Gasteiger partial charge in [-0.25, -0.2) is 4.39 Å². The minimum Gasteiger partial charge on any atom is -0.490 e. The standard InChI is InChI=1S/C16H19ClFNO2/c1-2-19-8-9-20-15(11-19)12-21-16-6-5-14(18)10-13(16)4-3-7-17/h5-6,10,15H,2,7-9,11-12H2,1H3. The Morgan fingerprint density at radius 2 is 2.38 bits per heavy atom. The fourth-order valence-electron chi connectivity index (χ4n) is 2.21. The zero-order valence-electron chi connectivity index (χ0n) is 12.1. The summed E-state index contributed by atoms with van der Waals surface area (Å²) in [6, 6.07) is 4.31. The summed E-state index contributed by atoms with van der Waals surface area (Å²) < 4.78 is 24.7. The van der Waals surface area contributed by atoms with E-state index in [4.69, 9.17) is 21.1 Å². The molecule has 1 aromatic rings. The van der Waals surface area contributed by atoms with Crippen LogP contribution in [0.1, 0.15) is 12.5 Å². The Labute approximate surface area is 130 Å². The fraction of sp³-hybridized carbons (Fsp3) is 0.500. The van der Waals surface area contributed by atoms with Gasteiger partial charge >= 0.3 is 0 Å². The summed E-state index contributed by atoms with van der Waals surface area (Å²) in [5.41, 5.74) is 0.513. The summed E-state index contributed by atoms with van der Waals surface area (Å²) in [5, 5.41) is 0. The zero-order valence-corrected chi connectivity index (χ0v) is 12.8. The predicted octanol–water partition coefficient (Wildman–Crippen LogP) is 2.52. The summed E-state index contributed by atoms with van der Waals surface area (Å²) in [6.07, 6.45) is 0.0255. The highest BCUT2D eigenvalue weighted by atomic mass is 35.5. The molecule has 5 heteroatoms. The summed E-state index contributed by atoms with van der Waals surface area (Å²) >= 11 is 5.54. The lowest BCUT2D eigenvalue weighted by Gasteiger charge is -2.31. The molecule has 1 heterocycles. The minimum absolute atomic E-state index is 0.0255. The van der Waals surface area contributed by atoms with Crippen LogP contribution in [-0.2, 0) is 4.74 Å². The average molecular weight is 312 g/mol. The third kappa shape index (κ3) is 4.89. The van der Waals surface area contributed by atoms with Crippen LogP contribution in [0.4, 0.5) is 4.39 Å². The van der Waals surface area contributed by atoms with E-state index in [1.165, 1.54) is 12.1 Å². The van der Waals surface area contributed by atoms with Crippen molar-refractivity contribution in [2.45, 2.75) is 13.0 Å². The van der Waals surface area contributed by atoms with E-state index in [9.17, 15) is 4.39 Å². The van der Waals surface area contributed by atoms with Gasteiger partial charge < -0.3 is 9.47 Å². The molecule has 21 heavy (non-hydrogen) atoms. The van der Waals surface area contributed by atoms with Crippen molar-refractivity contribution in [3.63, 3.8) is 0 Å². The van der Waals surface area contributed by atoms with Crippen LogP contribution in [-0.4, -0.2) is 49.7 Å². The molecule has 0 spiro atoms. The average Bonchev–Trinajstić information content (AvgIpc) is 2.52. The molecule has 0 bridgehead atoms. The second-order valence-electron chi connectivity index (χ2n) is 4.77. The van der Waals surface area contributed by atoms with Crippen molar-refractivity contribution in [3.8, 4) is 17.6 Å². The first kappa shape index (κ1) is 16.1. The van der Waals surface area contributed by atoms with Crippen molar-refractivity contribution < 1.29 is 13.9 Å². The maximum Gasteiger partial charge on any atom is 0.135 e. The lowest BCUT2D eigenvalue weighted by molar-refractivity contribution is -0.0464. The number of rotatable bonds is 4. The van der Waals surface area contributed by atoms with Gasteiger partial charge in [0.05, 0.1) is 18.1 Å². The van der Waals surface area contributed by atoms with E-state index in [-0.39, 0.29) is 17.8 Å². The second-order valence-corrected chi connectivity index (χ2v) is 5.04. The first-order valence-electron chi connectivity index (χ1n) is 7.04. The number of hydrogen-bond donors (Lipinski definition) is 0. The molecule has 1 aromatic carbocycles. The number of halogens is 2. The lowest BCUT2D eigenvalue weighted by atomic mass is 10.2. The van der Waals surface area contributed by atoms with Crippen molar-refractivity contribution in [2.24, 2.45) is 0 Å². The van der Waals surface area contributed by atoms with Crippen molar-refractivity contribution >= 4 is 11.6 Å². The topological polar surface area (TPSA) is 21.7 Å². The van der Waals surface area contributed by atoms with Crippen LogP contribution in [0.5, 0.6) is 5.75 Å². The van der Waals surface area contributed by atoms with E-state index >= 15 is 0 Å². The van der Waals surface area contributed by atoms with Gasteiger partial charge in [0.25, 0.3) is 0 Å². The van der Waals surface area contributed by atoms with Gasteiger partial charge in [0, 0.05) is 13.1 Å². The monoisotopic (exact) mass is 311 g/mol. The molecule has 3 nitrogen and oxygen atoms in total. The Morgan fingerprint density at radius 3 is 3.14 bits per heavy atom. The van der Waals surface area contributed by atoms with Crippen LogP contribution in [0.15, 0.2) is 18.2 Å². The van der Waals surface area contributed by atoms with Gasteiger partial charge in [0.15, 0.2) is 0 Å². The van der Waals surface area contributed by atoms with Crippen LogP contribution >= 0.6 is 11.6 Å². The van der Waals surface area contributed by atoms with Gasteiger partial charge in [-0.05, 0) is 24.7 Å². The predicted molar refractivity (Wildman–Crippen MR) is 81.3 cm³/mol. The van der Waals surface area contributed by atoms with E-state index in [0.717, 1.165) is 19.6 Å². The van der Waals surface area contributed by atoms with Gasteiger partial charge in [-0.2, -0.15) is 0 Å². The number of likely N-dealkylation sites (N-methyl/N-ethyl adjacent to an activating group) is 1. The van der Waals surface area contributed by atoms with Crippen molar-refractivity contribution in [1.82, 2.24) is 4.90 Å². The first-order valence-corrected chi connectivity index (χ1v) is 7.57. The van der Waals surface area contributed by atoms with Crippen LogP contribution in [0, 0.1) is 17.7 Å². The van der Waals surface area contributed by atoms with E-state index in [0.29, 0.717) is 24.5 Å². The number of alkyl halides is 1. The van der Waals surface area contributed by atoms with Gasteiger partial charge in [0.2, 0.25) is 0 Å². The molecule has 0 amide bonds. The Kier molecular flexibility index (Phi) is 6.31. The quantitative estimate of drug-likeness (QED) is 0.630. The maximum atomic E-state index is 13.3. The fourth-order valence-corrected chi connectivity index (χ4v) is 2.27. The van der Waals surface area contributed by atoms with Crippen LogP contribution in [0.25, 0.3) is 0 Å². The third-order valence-corrected chi connectivity index (χ3v) is 3.46. The molecule has 1 fully saturated rings. The molecule has 0 N–H and O–H groups in total. The third-order valence-electron chi connectivity index (χ3n) is 3.33. The highest BCUT2D eigenvalue weighted by Crippen LogP contribution is 2.19. The van der Waals surface area contributed by atoms with Crippen molar-refractivity contribution in [1.29, 1.82) is 0 Å². The van der Waals surface area contributed by atoms with E-state index in [1.807, 2.05) is 0 Å². The van der Waals surface area contributed by atoms with Crippen LogP contribution in [0.3, 0.4) is 0 Å². The Hall–Kier alpha value is -1.28. The molecule has 0 radical (unpaired) electrons. The smallest absolute Gasteiger partial charge is 0.135 e. The number of nitrogens with zero attached hydrogens (tertiary/aromatic N) is 1. The molecule has 1 atom stereocenters. The van der Waals surface area contributed by atoms with E-state index in [2.05, 4.69) is 23.7 Å². The second kappa shape index (κ2) is 8.23. The van der Waals surface area contributed by atoms with Crippen molar-refractivity contribution in [2.75, 3.05) is 38.7 Å². The number of ether oxygens (including phenoxy) is 2. The molecule has 1 saturated heterocycles. The number of benzene rings is 1. The molecule has 0 aromatic heterocycles. The highest BCUT2D eigenvalue weighted by molar-refractivity contribution is 6.19. The van der Waals surface area contributed by atoms with Crippen molar-refractivity contribution in [3.05, 3.63) is 29.6 Å². The molecule has 114 valence electrons. The highest BCUT2D eigenvalue weighted by Gasteiger charge is 2.20. The molecular weight excluding hydrogens is 293 g/mol. The summed E-state index contributed by atoms with van der Waals surface area (Å²) in [5.74, 6) is 5.95. The molecule has 1 aliphatic heterocycles. The van der Waals surface area contributed by atoms with Gasteiger partial charge in [0.1, 0.15) is 24.3 Å². The minimum atomic E-state index is -0.340. The Bertz CT molecular complexity index is 527. The van der Waals surface area contributed by atoms with E-state index in [1.54, 1.807) is 6.07 Å². The summed E-state index contributed by atoms with van der Waals surface area (Å²) in [4.78, 5) is 2.32. The molecular formula is C16H19ClFNO2. The molecule has 0 saturated carbocycles. The van der Waals surface area contributed by atoms with Gasteiger partial charge in [-0.15, -0.1) is 11.6 Å². The molecule has 0 aliphatic carbocycles. The van der Waals surface area contributed by atoms with Crippen LogP contribution in [0.2, 0.25) is 0 Å². The number of hydrogen-bond acceptors (Lipinski definition) is 3. The normalized spacial score (nSPS) is 18.9. The summed E-state index contributed by atoms with van der Waals surface area (Å²) in [6.45, 7) is 6.07. The van der Waals surface area contributed by atoms with Crippen LogP contribution < -0.4 is 4.74 Å². The zero-order chi connectivity index (χ0) is 15.1.